The zero-order valence-electron chi connectivity index (χ0n) is 76.3. The number of aliphatic carboxylic acids is 2. The standard InChI is InChI=1S/C88H127N17O26S3/c1-8-103-68-31-28-58(133(123,124)125)46-60(68)87(4,5)71(103)25-14-10-15-26-72-88(6,7)61-47-59(134(126,127)128)29-32-69(61)104(72)40-19-11-16-27-73(108)92-38-41-105-76(111)48-70(83(105)119)132-54-67(84(120)121)98-74(109)34-37-94-78(114)62(30-33-77(112)113)96-49-57(107)53-130-44-43-129-42-39-93-75(110)50-97-79(115)65(45-55(2)3)100-80(116)63(23-17-18-35-89)99-82(118)66(51-106)101-81(117)64(24-20-36-95-85(90)91)102-86(122)131-52-56-21-12-9-13-22-56/h9-10,12-15,21-22,25-26,28-29,31-32,46-47,55,62-67,70,96,106H,8,11,16-20,23-24,27,30,33-45,48-54,89H2,1-7H3,(H16-,90,91,92,93,94,95,97,98,99,100,101,102,108,109,110,112,113,114,115,116,117,118,120,121,122,123,124,125,126,127,128)/p+1/t62-,63-,64-,65-,66-,67-,70?/m0/s1. The molecular formula is C88H128N17O26S3+. The molecule has 738 valence electrons. The van der Waals surface area contributed by atoms with E-state index >= 15 is 0 Å². The topological polar surface area (TPSA) is 654 Å². The summed E-state index contributed by atoms with van der Waals surface area (Å²) in [6, 6.07) is 9.44. The van der Waals surface area contributed by atoms with Crippen LogP contribution in [-0.4, -0.2) is 291 Å². The Labute approximate surface area is 782 Å². The van der Waals surface area contributed by atoms with Crippen molar-refractivity contribution < 1.29 is 127 Å². The minimum absolute atomic E-state index is 0.0214. The van der Waals surface area contributed by atoms with Crippen molar-refractivity contribution in [2.75, 3.05) is 109 Å². The van der Waals surface area contributed by atoms with Gasteiger partial charge in [-0.3, -0.25) is 82.3 Å². The number of anilines is 1. The molecule has 0 aromatic heterocycles. The third-order valence-electron chi connectivity index (χ3n) is 21.9. The highest BCUT2D eigenvalue weighted by atomic mass is 32.2. The number of rotatable bonds is 61. The number of benzene rings is 3. The number of amides is 11. The lowest BCUT2D eigenvalue weighted by atomic mass is 9.81. The third kappa shape index (κ3) is 36.0. The molecule has 1 fully saturated rings. The Balaban J connectivity index is 0.856. The Hall–Kier alpha value is -11.6. The first-order chi connectivity index (χ1) is 63.4. The molecule has 0 aliphatic carbocycles. The first-order valence-electron chi connectivity index (χ1n) is 44.1. The van der Waals surface area contributed by atoms with E-state index in [1.165, 1.54) is 24.3 Å². The van der Waals surface area contributed by atoms with Gasteiger partial charge in [-0.25, -0.2) is 9.59 Å². The van der Waals surface area contributed by atoms with Crippen LogP contribution in [0.5, 0.6) is 0 Å². The number of Topliss-reactive ketones (excluding diaryl/α,β-unsaturated/α-hetero) is 1. The number of thioether (sulfide) groups is 1. The molecule has 7 atom stereocenters. The van der Waals surface area contributed by atoms with Crippen LogP contribution in [0, 0.1) is 11.3 Å². The summed E-state index contributed by atoms with van der Waals surface area (Å²) >= 11 is 0.831. The normalized spacial score (nSPS) is 16.1. The summed E-state index contributed by atoms with van der Waals surface area (Å²) in [6.07, 6.45) is 9.75. The molecule has 43 nitrogen and oxygen atoms in total. The number of likely N-dealkylation sites (tertiary alicyclic amines) is 1. The van der Waals surface area contributed by atoms with Crippen LogP contribution in [0.1, 0.15) is 155 Å². The number of allylic oxidation sites excluding steroid dienone is 6. The molecular weight excluding hydrogens is 1810 g/mol. The van der Waals surface area contributed by atoms with Gasteiger partial charge in [0.05, 0.1) is 66.0 Å². The Bertz CT molecular complexity index is 5010. The van der Waals surface area contributed by atoms with Crippen molar-refractivity contribution in [2.24, 2.45) is 17.4 Å². The van der Waals surface area contributed by atoms with Crippen LogP contribution in [0.25, 0.3) is 0 Å². The van der Waals surface area contributed by atoms with Crippen LogP contribution >= 0.6 is 11.8 Å². The highest BCUT2D eigenvalue weighted by molar-refractivity contribution is 8.00. The maximum Gasteiger partial charge on any atom is 0.408 e. The number of aliphatic hydroxyl groups is 1. The predicted octanol–water partition coefficient (Wildman–Crippen LogP) is 0.821. The highest BCUT2D eigenvalue weighted by Gasteiger charge is 2.46. The zero-order chi connectivity index (χ0) is 99.0. The summed E-state index contributed by atoms with van der Waals surface area (Å²) in [5.41, 5.74) is 15.1. The number of imide groups is 1. The van der Waals surface area contributed by atoms with Crippen molar-refractivity contribution in [3.63, 3.8) is 0 Å². The minimum Gasteiger partial charge on any atom is -0.481 e. The number of nitrogens with zero attached hydrogens (tertiary/aromatic N) is 3. The van der Waals surface area contributed by atoms with E-state index in [2.05, 4.69) is 68.0 Å². The number of hydrogen-bond donors (Lipinski definition) is 19. The van der Waals surface area contributed by atoms with E-state index in [0.717, 1.165) is 45.0 Å². The van der Waals surface area contributed by atoms with Gasteiger partial charge < -0.3 is 99.1 Å². The molecule has 3 heterocycles. The summed E-state index contributed by atoms with van der Waals surface area (Å²) in [7, 11) is -8.98. The van der Waals surface area contributed by atoms with Crippen LogP contribution < -0.4 is 74.9 Å². The number of carbonyl (C=O) groups is 14. The molecule has 3 aromatic carbocycles. The van der Waals surface area contributed by atoms with Gasteiger partial charge in [0.1, 0.15) is 50.0 Å². The van der Waals surface area contributed by atoms with E-state index in [4.69, 9.17) is 31.1 Å². The van der Waals surface area contributed by atoms with Gasteiger partial charge in [0.25, 0.3) is 20.2 Å². The van der Waals surface area contributed by atoms with E-state index in [1.54, 1.807) is 56.3 Å². The van der Waals surface area contributed by atoms with Gasteiger partial charge in [-0.05, 0) is 139 Å². The van der Waals surface area contributed by atoms with Crippen LogP contribution in [0.3, 0.4) is 0 Å². The van der Waals surface area contributed by atoms with E-state index in [9.17, 15) is 108 Å². The Kier molecular flexibility index (Phi) is 45.3. The van der Waals surface area contributed by atoms with Crippen LogP contribution in [0.15, 0.2) is 113 Å². The lowest BCUT2D eigenvalue weighted by molar-refractivity contribution is -0.433. The summed E-state index contributed by atoms with van der Waals surface area (Å²) in [5.74, 6) is -11.3. The van der Waals surface area contributed by atoms with Crippen LogP contribution in [0.2, 0.25) is 0 Å². The molecule has 6 rings (SSSR count). The lowest BCUT2D eigenvalue weighted by Crippen LogP contribution is -2.59. The number of ether oxygens (including phenoxy) is 3. The molecule has 46 heteroatoms. The lowest BCUT2D eigenvalue weighted by Gasteiger charge is -2.27. The summed E-state index contributed by atoms with van der Waals surface area (Å²) in [5, 5.41) is 64.0. The van der Waals surface area contributed by atoms with Crippen molar-refractivity contribution in [3.05, 3.63) is 119 Å². The van der Waals surface area contributed by atoms with Crippen molar-refractivity contribution in [2.45, 2.75) is 207 Å². The quantitative estimate of drug-likeness (QED) is 0.00707. The summed E-state index contributed by atoms with van der Waals surface area (Å²) < 4.78 is 86.6. The Morgan fingerprint density at radius 3 is 1.91 bits per heavy atom. The molecule has 0 saturated carbocycles. The van der Waals surface area contributed by atoms with Gasteiger partial charge in [-0.2, -0.15) is 21.4 Å². The number of ketones is 1. The number of hydrogen-bond acceptors (Lipinski definition) is 27. The predicted molar refractivity (Wildman–Crippen MR) is 493 cm³/mol. The fourth-order valence-corrected chi connectivity index (χ4v) is 17.1. The summed E-state index contributed by atoms with van der Waals surface area (Å²) in [6.45, 7) is 11.5. The molecule has 1 saturated heterocycles. The summed E-state index contributed by atoms with van der Waals surface area (Å²) in [4.78, 5) is 185. The number of aliphatic hydroxyl groups excluding tert-OH is 1. The average Bonchev–Trinajstić information content (AvgIpc) is 1.59. The number of fused-ring (bicyclic) bond motifs is 2. The number of carbonyl (C=O) groups excluding carboxylic acids is 12. The smallest absolute Gasteiger partial charge is 0.408 e. The Morgan fingerprint density at radius 2 is 1.25 bits per heavy atom. The first-order valence-corrected chi connectivity index (χ1v) is 48.0. The fraction of sp³-hybridized carbons (Fsp3) is 0.545. The van der Waals surface area contributed by atoms with E-state index in [-0.39, 0.29) is 144 Å². The molecule has 0 spiro atoms. The number of unbranched alkanes of at least 4 members (excludes halogenated alkanes) is 3. The number of guanidine groups is 1. The molecule has 134 heavy (non-hydrogen) atoms. The molecule has 3 aromatic rings. The number of nitrogens with one attached hydrogen (secondary N) is 12. The first kappa shape index (κ1) is 111. The van der Waals surface area contributed by atoms with Crippen molar-refractivity contribution in [3.8, 4) is 0 Å². The second kappa shape index (κ2) is 54.7. The molecule has 3 aliphatic heterocycles. The SMILES string of the molecule is CC[N+]1=C(/C=C/C=C/C=C2\N(CCCCCC(=O)NCCN3C(=O)CC(SC[C@H](NC(=O)CCNC(=O)[C@H](CCC(=O)O)NCC(=O)COCCOCCNC(=O)CNC(=O)[C@H](CC(C)C)NC(=O)[C@H](CCCCN)NC(=O)[C@H](CO)NC(=O)[C@H](CCCNC(=N)N)NC(=O)OCc4ccccc4)C(=O)O)C3=O)c3ccc(S(=O)(=O)O)cc3C2(C)C)C(C)(C)c2cc(S(=O)(=O)O)ccc21. The van der Waals surface area contributed by atoms with E-state index in [1.807, 2.05) is 65.0 Å². The second-order valence-electron chi connectivity index (χ2n) is 33.4. The van der Waals surface area contributed by atoms with Gasteiger partial charge in [0.2, 0.25) is 64.8 Å². The van der Waals surface area contributed by atoms with E-state index < -0.39 is 189 Å². The van der Waals surface area contributed by atoms with E-state index in [0.29, 0.717) is 56.3 Å². The number of nitrogens with two attached hydrogens (primary N) is 2. The minimum atomic E-state index is -4.54. The molecule has 3 aliphatic rings. The number of carboxylic acid groups (broad SMARTS) is 2. The van der Waals surface area contributed by atoms with Gasteiger partial charge in [0, 0.05) is 105 Å². The molecule has 21 N–H and O–H groups in total. The van der Waals surface area contributed by atoms with Gasteiger partial charge in [-0.1, -0.05) is 82.7 Å². The Morgan fingerprint density at radius 1 is 0.612 bits per heavy atom. The highest BCUT2D eigenvalue weighted by Crippen LogP contribution is 2.49. The molecule has 1 unspecified atom stereocenters. The zero-order valence-corrected chi connectivity index (χ0v) is 78.8. The van der Waals surface area contributed by atoms with Crippen molar-refractivity contribution in [1.82, 2.24) is 63.4 Å². The monoisotopic (exact) mass is 1930 g/mol. The maximum atomic E-state index is 13.9. The fourth-order valence-electron chi connectivity index (χ4n) is 14.9. The second-order valence-corrected chi connectivity index (χ2v) is 37.4. The maximum absolute atomic E-state index is 13.9. The van der Waals surface area contributed by atoms with Crippen molar-refractivity contribution >= 4 is 138 Å². The van der Waals surface area contributed by atoms with Crippen LogP contribution in [-0.2, 0) is 114 Å². The van der Waals surface area contributed by atoms with Crippen molar-refractivity contribution in [1.29, 1.82) is 5.41 Å². The van der Waals surface area contributed by atoms with Gasteiger partial charge in [-0.15, -0.1) is 11.8 Å². The molecule has 0 radical (unpaired) electrons. The van der Waals surface area contributed by atoms with Gasteiger partial charge >= 0.3 is 18.0 Å². The molecule has 0 bridgehead atoms. The third-order valence-corrected chi connectivity index (χ3v) is 24.9. The number of alkyl carbamates (subject to hydrolysis) is 1. The number of carboxylic acids is 2. The largest absolute Gasteiger partial charge is 0.481 e. The average molecular weight is 1940 g/mol. The van der Waals surface area contributed by atoms with Crippen LogP contribution in [0.4, 0.5) is 16.2 Å². The van der Waals surface area contributed by atoms with Gasteiger partial charge in [0.15, 0.2) is 17.5 Å². The molecule has 11 amide bonds.